The van der Waals surface area contributed by atoms with Crippen LogP contribution in [0.2, 0.25) is 0 Å². The van der Waals surface area contributed by atoms with E-state index >= 15 is 0 Å². The Bertz CT molecular complexity index is 628. The summed E-state index contributed by atoms with van der Waals surface area (Å²) in [6, 6.07) is 2.14. The van der Waals surface area contributed by atoms with Crippen LogP contribution in [0.1, 0.15) is 42.5 Å². The SMILES string of the molecule is CN=C(NCCCN1CCCCCC1)NCC(=O)N1CCc2sccc2C1.I. The van der Waals surface area contributed by atoms with Crippen LogP contribution in [0.5, 0.6) is 0 Å². The van der Waals surface area contributed by atoms with Gasteiger partial charge in [0, 0.05) is 31.6 Å². The molecule has 1 aromatic heterocycles. The standard InChI is InChI=1S/C20H33N5OS.HI/c1-21-20(22-9-6-12-24-10-4-2-3-5-11-24)23-15-19(26)25-13-7-18-17(16-25)8-14-27-18;/h8,14H,2-7,9-13,15-16H2,1H3,(H2,21,22,23);1H. The molecule has 0 radical (unpaired) electrons. The Balaban J connectivity index is 0.00000280. The summed E-state index contributed by atoms with van der Waals surface area (Å²) in [5.41, 5.74) is 1.30. The third-order valence-corrected chi connectivity index (χ3v) is 6.46. The van der Waals surface area contributed by atoms with Gasteiger partial charge in [0.1, 0.15) is 0 Å². The molecule has 0 saturated carbocycles. The summed E-state index contributed by atoms with van der Waals surface area (Å²) in [6.45, 7) is 6.35. The number of thiophene rings is 1. The van der Waals surface area contributed by atoms with Gasteiger partial charge in [-0.3, -0.25) is 9.79 Å². The molecule has 3 rings (SSSR count). The Morgan fingerprint density at radius 3 is 2.71 bits per heavy atom. The van der Waals surface area contributed by atoms with Gasteiger partial charge >= 0.3 is 0 Å². The fourth-order valence-electron chi connectivity index (χ4n) is 3.82. The lowest BCUT2D eigenvalue weighted by Gasteiger charge is -2.27. The number of fused-ring (bicyclic) bond motifs is 1. The number of halogens is 1. The molecule has 0 aliphatic carbocycles. The number of hydrogen-bond donors (Lipinski definition) is 2. The van der Waals surface area contributed by atoms with E-state index in [1.165, 1.54) is 49.2 Å². The number of carbonyl (C=O) groups is 1. The van der Waals surface area contributed by atoms with Gasteiger partial charge in [-0.15, -0.1) is 35.3 Å². The van der Waals surface area contributed by atoms with Crippen LogP contribution in [-0.2, 0) is 17.8 Å². The largest absolute Gasteiger partial charge is 0.356 e. The van der Waals surface area contributed by atoms with Crippen LogP contribution in [0.4, 0.5) is 0 Å². The number of guanidine groups is 1. The Morgan fingerprint density at radius 1 is 1.18 bits per heavy atom. The molecule has 3 heterocycles. The Labute approximate surface area is 190 Å². The predicted octanol–water partition coefficient (Wildman–Crippen LogP) is 2.68. The van der Waals surface area contributed by atoms with Gasteiger partial charge in [-0.1, -0.05) is 12.8 Å². The molecule has 8 heteroatoms. The molecule has 1 saturated heterocycles. The topological polar surface area (TPSA) is 60.0 Å². The highest BCUT2D eigenvalue weighted by Gasteiger charge is 2.21. The number of rotatable bonds is 6. The lowest BCUT2D eigenvalue weighted by Crippen LogP contribution is -2.46. The zero-order valence-electron chi connectivity index (χ0n) is 16.9. The van der Waals surface area contributed by atoms with E-state index in [0.29, 0.717) is 12.5 Å². The van der Waals surface area contributed by atoms with E-state index in [1.807, 2.05) is 4.90 Å². The normalized spacial score (nSPS) is 18.0. The van der Waals surface area contributed by atoms with Gasteiger partial charge in [0.25, 0.3) is 0 Å². The molecule has 6 nitrogen and oxygen atoms in total. The molecule has 1 amide bonds. The maximum Gasteiger partial charge on any atom is 0.242 e. The minimum atomic E-state index is 0. The molecule has 2 N–H and O–H groups in total. The second kappa shape index (κ2) is 12.6. The molecule has 2 aliphatic rings. The lowest BCUT2D eigenvalue weighted by atomic mass is 10.1. The number of hydrogen-bond acceptors (Lipinski definition) is 4. The molecule has 158 valence electrons. The van der Waals surface area contributed by atoms with Gasteiger partial charge in [-0.05, 0) is 62.3 Å². The van der Waals surface area contributed by atoms with Gasteiger partial charge in [0.2, 0.25) is 5.91 Å². The summed E-state index contributed by atoms with van der Waals surface area (Å²) in [4.78, 5) is 22.7. The quantitative estimate of drug-likeness (QED) is 0.263. The van der Waals surface area contributed by atoms with Gasteiger partial charge in [0.15, 0.2) is 5.96 Å². The minimum absolute atomic E-state index is 0. The monoisotopic (exact) mass is 519 g/mol. The first kappa shape index (κ1) is 23.4. The molecule has 0 bridgehead atoms. The third-order valence-electron chi connectivity index (χ3n) is 5.43. The van der Waals surface area contributed by atoms with Crippen molar-refractivity contribution < 1.29 is 4.79 Å². The summed E-state index contributed by atoms with van der Waals surface area (Å²) in [5.74, 6) is 0.854. The lowest BCUT2D eigenvalue weighted by molar-refractivity contribution is -0.130. The number of likely N-dealkylation sites (tertiary alicyclic amines) is 1. The van der Waals surface area contributed by atoms with Crippen molar-refractivity contribution in [2.24, 2.45) is 4.99 Å². The van der Waals surface area contributed by atoms with Gasteiger partial charge in [-0.25, -0.2) is 0 Å². The van der Waals surface area contributed by atoms with E-state index in [9.17, 15) is 4.79 Å². The molecule has 28 heavy (non-hydrogen) atoms. The van der Waals surface area contributed by atoms with Crippen LogP contribution in [0.25, 0.3) is 0 Å². The van der Waals surface area contributed by atoms with E-state index in [2.05, 4.69) is 32.0 Å². The average Bonchev–Trinajstić information content (AvgIpc) is 3.01. The second-order valence-corrected chi connectivity index (χ2v) is 8.40. The number of carbonyl (C=O) groups excluding carboxylic acids is 1. The number of aliphatic imine (C=N–C) groups is 1. The van der Waals surface area contributed by atoms with Gasteiger partial charge in [-0.2, -0.15) is 0 Å². The van der Waals surface area contributed by atoms with E-state index in [4.69, 9.17) is 0 Å². The van der Waals surface area contributed by atoms with Crippen LogP contribution < -0.4 is 10.6 Å². The van der Waals surface area contributed by atoms with E-state index in [0.717, 1.165) is 39.0 Å². The third kappa shape index (κ3) is 7.18. The first-order chi connectivity index (χ1) is 13.3. The van der Waals surface area contributed by atoms with Crippen molar-refractivity contribution in [2.75, 3.05) is 46.3 Å². The van der Waals surface area contributed by atoms with E-state index < -0.39 is 0 Å². The maximum absolute atomic E-state index is 12.5. The summed E-state index contributed by atoms with van der Waals surface area (Å²) in [6.07, 6.45) is 7.50. The molecule has 1 fully saturated rings. The second-order valence-electron chi connectivity index (χ2n) is 7.40. The average molecular weight is 519 g/mol. The molecule has 2 aliphatic heterocycles. The molecule has 0 spiro atoms. The van der Waals surface area contributed by atoms with Crippen LogP contribution in [0.3, 0.4) is 0 Å². The van der Waals surface area contributed by atoms with Crippen LogP contribution in [-0.4, -0.2) is 68.0 Å². The Morgan fingerprint density at radius 2 is 1.96 bits per heavy atom. The van der Waals surface area contributed by atoms with Crippen molar-refractivity contribution in [3.8, 4) is 0 Å². The van der Waals surface area contributed by atoms with Crippen molar-refractivity contribution in [2.45, 2.75) is 45.1 Å². The van der Waals surface area contributed by atoms with Crippen molar-refractivity contribution in [1.82, 2.24) is 20.4 Å². The summed E-state index contributed by atoms with van der Waals surface area (Å²) >= 11 is 1.80. The molecular formula is C20H34IN5OS. The highest BCUT2D eigenvalue weighted by molar-refractivity contribution is 14.0. The fourth-order valence-corrected chi connectivity index (χ4v) is 4.71. The number of nitrogens with zero attached hydrogens (tertiary/aromatic N) is 3. The number of amides is 1. The van der Waals surface area contributed by atoms with Crippen molar-refractivity contribution in [3.63, 3.8) is 0 Å². The van der Waals surface area contributed by atoms with Crippen molar-refractivity contribution >= 4 is 47.2 Å². The summed E-state index contributed by atoms with van der Waals surface area (Å²) in [7, 11) is 1.76. The van der Waals surface area contributed by atoms with Gasteiger partial charge in [0.05, 0.1) is 6.54 Å². The smallest absolute Gasteiger partial charge is 0.242 e. The highest BCUT2D eigenvalue weighted by atomic mass is 127. The summed E-state index contributed by atoms with van der Waals surface area (Å²) in [5, 5.41) is 8.63. The van der Waals surface area contributed by atoms with Crippen molar-refractivity contribution in [1.29, 1.82) is 0 Å². The zero-order chi connectivity index (χ0) is 18.9. The molecule has 0 atom stereocenters. The molecule has 0 unspecified atom stereocenters. The number of nitrogens with one attached hydrogen (secondary N) is 2. The minimum Gasteiger partial charge on any atom is -0.356 e. The molecule has 1 aromatic rings. The first-order valence-electron chi connectivity index (χ1n) is 10.3. The first-order valence-corrected chi connectivity index (χ1v) is 11.1. The zero-order valence-corrected chi connectivity index (χ0v) is 20.1. The maximum atomic E-state index is 12.5. The molecule has 0 aromatic carbocycles. The summed E-state index contributed by atoms with van der Waals surface area (Å²) < 4.78 is 0. The van der Waals surface area contributed by atoms with Crippen LogP contribution in [0.15, 0.2) is 16.4 Å². The Kier molecular flexibility index (Phi) is 10.6. The van der Waals surface area contributed by atoms with E-state index in [1.54, 1.807) is 18.4 Å². The molecular weight excluding hydrogens is 485 g/mol. The predicted molar refractivity (Wildman–Crippen MR) is 128 cm³/mol. The van der Waals surface area contributed by atoms with Crippen molar-refractivity contribution in [3.05, 3.63) is 21.9 Å². The van der Waals surface area contributed by atoms with Crippen LogP contribution >= 0.6 is 35.3 Å². The highest BCUT2D eigenvalue weighted by Crippen LogP contribution is 2.23. The van der Waals surface area contributed by atoms with E-state index in [-0.39, 0.29) is 29.9 Å². The van der Waals surface area contributed by atoms with Gasteiger partial charge < -0.3 is 20.4 Å². The van der Waals surface area contributed by atoms with Crippen LogP contribution in [0, 0.1) is 0 Å². The fraction of sp³-hybridized carbons (Fsp3) is 0.700. The Hall–Kier alpha value is -0.870.